The summed E-state index contributed by atoms with van der Waals surface area (Å²) in [6.07, 6.45) is -1.04. The summed E-state index contributed by atoms with van der Waals surface area (Å²) in [7, 11) is 0. The van der Waals surface area contributed by atoms with Crippen molar-refractivity contribution in [3.63, 3.8) is 0 Å². The number of anilines is 2. The summed E-state index contributed by atoms with van der Waals surface area (Å²) >= 11 is 0. The Morgan fingerprint density at radius 1 is 1.08 bits per heavy atom. The smallest absolute Gasteiger partial charge is 0.419 e. The lowest BCUT2D eigenvalue weighted by Crippen LogP contribution is -2.33. The van der Waals surface area contributed by atoms with Gasteiger partial charge in [-0.05, 0) is 45.0 Å². The molecule has 2 aromatic carbocycles. The van der Waals surface area contributed by atoms with Crippen LogP contribution in [-0.4, -0.2) is 25.3 Å². The molecule has 0 saturated heterocycles. The molecule has 6 nitrogen and oxygen atoms in total. The number of amides is 2. The molecule has 6 heteroatoms. The number of carbonyl (C=O) groups excluding carboxylic acids is 2. The van der Waals surface area contributed by atoms with Crippen LogP contribution in [-0.2, 0) is 4.74 Å². The van der Waals surface area contributed by atoms with Gasteiger partial charge in [-0.2, -0.15) is 0 Å². The number of nitrogens with zero attached hydrogens (tertiary/aromatic N) is 1. The van der Waals surface area contributed by atoms with Gasteiger partial charge in [-0.1, -0.05) is 23.8 Å². The van der Waals surface area contributed by atoms with Crippen molar-refractivity contribution in [1.29, 1.82) is 0 Å². The van der Waals surface area contributed by atoms with E-state index in [0.717, 1.165) is 11.3 Å². The molecule has 2 aromatic rings. The van der Waals surface area contributed by atoms with Crippen LogP contribution in [0.2, 0.25) is 0 Å². The van der Waals surface area contributed by atoms with Gasteiger partial charge in [0.1, 0.15) is 5.75 Å². The molecule has 0 heterocycles. The maximum Gasteiger partial charge on any atom is 0.419 e. The van der Waals surface area contributed by atoms with Crippen LogP contribution in [0, 0.1) is 6.92 Å². The Morgan fingerprint density at radius 3 is 2.44 bits per heavy atom. The van der Waals surface area contributed by atoms with E-state index in [1.54, 1.807) is 31.2 Å². The van der Waals surface area contributed by atoms with Crippen molar-refractivity contribution in [2.45, 2.75) is 20.8 Å². The van der Waals surface area contributed by atoms with Crippen molar-refractivity contribution in [2.24, 2.45) is 0 Å². The second kappa shape index (κ2) is 8.73. The minimum Gasteiger partial charge on any atom is -0.450 e. The minimum absolute atomic E-state index is 0.280. The normalized spacial score (nSPS) is 10.0. The van der Waals surface area contributed by atoms with E-state index in [-0.39, 0.29) is 6.61 Å². The third-order valence-corrected chi connectivity index (χ3v) is 3.44. The number of carbonyl (C=O) groups is 2. The average molecular weight is 342 g/mol. The molecule has 25 heavy (non-hydrogen) atoms. The SMILES string of the molecule is CCOC(=O)Nc1cccc(OC(=O)N(CC)c2ccc(C)cc2)c1. The molecule has 1 N–H and O–H groups in total. The highest BCUT2D eigenvalue weighted by Crippen LogP contribution is 2.21. The van der Waals surface area contributed by atoms with Crippen molar-refractivity contribution in [3.8, 4) is 5.75 Å². The Kier molecular flexibility index (Phi) is 6.39. The van der Waals surface area contributed by atoms with Crippen LogP contribution >= 0.6 is 0 Å². The van der Waals surface area contributed by atoms with E-state index in [0.29, 0.717) is 18.0 Å². The summed E-state index contributed by atoms with van der Waals surface area (Å²) in [6, 6.07) is 14.2. The maximum atomic E-state index is 12.5. The maximum absolute atomic E-state index is 12.5. The molecule has 0 bridgehead atoms. The van der Waals surface area contributed by atoms with Gasteiger partial charge in [0.25, 0.3) is 0 Å². The molecule has 0 radical (unpaired) electrons. The van der Waals surface area contributed by atoms with Crippen molar-refractivity contribution >= 4 is 23.6 Å². The highest BCUT2D eigenvalue weighted by molar-refractivity contribution is 5.89. The number of aryl methyl sites for hydroxylation is 1. The molecule has 0 unspecified atom stereocenters. The molecule has 132 valence electrons. The predicted octanol–water partition coefficient (Wildman–Crippen LogP) is 4.59. The quantitative estimate of drug-likeness (QED) is 0.863. The van der Waals surface area contributed by atoms with Gasteiger partial charge in [0, 0.05) is 24.0 Å². The monoisotopic (exact) mass is 342 g/mol. The molecule has 0 atom stereocenters. The van der Waals surface area contributed by atoms with Crippen molar-refractivity contribution in [1.82, 2.24) is 0 Å². The van der Waals surface area contributed by atoms with Gasteiger partial charge in [0.2, 0.25) is 0 Å². The topological polar surface area (TPSA) is 67.9 Å². The zero-order chi connectivity index (χ0) is 18.2. The highest BCUT2D eigenvalue weighted by atomic mass is 16.6. The first-order valence-electron chi connectivity index (χ1n) is 8.13. The molecule has 2 amide bonds. The van der Waals surface area contributed by atoms with Gasteiger partial charge >= 0.3 is 12.2 Å². The molecule has 0 aliphatic rings. The Balaban J connectivity index is 2.08. The lowest BCUT2D eigenvalue weighted by molar-refractivity contribution is 0.168. The molecule has 0 spiro atoms. The fourth-order valence-corrected chi connectivity index (χ4v) is 2.22. The van der Waals surface area contributed by atoms with E-state index in [1.165, 1.54) is 4.90 Å². The van der Waals surface area contributed by atoms with Gasteiger partial charge in [0.05, 0.1) is 6.61 Å². The van der Waals surface area contributed by atoms with Crippen LogP contribution in [0.15, 0.2) is 48.5 Å². The Labute approximate surface area is 147 Å². The van der Waals surface area contributed by atoms with E-state index in [9.17, 15) is 9.59 Å². The van der Waals surface area contributed by atoms with Crippen LogP contribution in [0.3, 0.4) is 0 Å². The number of rotatable bonds is 5. The van der Waals surface area contributed by atoms with Crippen molar-refractivity contribution < 1.29 is 19.1 Å². The number of hydrogen-bond acceptors (Lipinski definition) is 4. The van der Waals surface area contributed by atoms with Crippen LogP contribution in [0.5, 0.6) is 5.75 Å². The van der Waals surface area contributed by atoms with E-state index in [4.69, 9.17) is 9.47 Å². The summed E-state index contributed by atoms with van der Waals surface area (Å²) in [5.74, 6) is 0.338. The summed E-state index contributed by atoms with van der Waals surface area (Å²) in [5, 5.41) is 2.57. The largest absolute Gasteiger partial charge is 0.450 e. The Bertz CT molecular complexity index is 728. The van der Waals surface area contributed by atoms with E-state index in [2.05, 4.69) is 5.32 Å². The molecule has 0 fully saturated rings. The second-order valence-electron chi connectivity index (χ2n) is 5.32. The zero-order valence-corrected chi connectivity index (χ0v) is 14.6. The lowest BCUT2D eigenvalue weighted by Gasteiger charge is -2.20. The van der Waals surface area contributed by atoms with Crippen LogP contribution in [0.1, 0.15) is 19.4 Å². The van der Waals surface area contributed by atoms with Crippen molar-refractivity contribution in [2.75, 3.05) is 23.4 Å². The van der Waals surface area contributed by atoms with Crippen molar-refractivity contribution in [3.05, 3.63) is 54.1 Å². The van der Waals surface area contributed by atoms with Crippen LogP contribution in [0.25, 0.3) is 0 Å². The van der Waals surface area contributed by atoms with Gasteiger partial charge in [-0.15, -0.1) is 0 Å². The fraction of sp³-hybridized carbons (Fsp3) is 0.263. The summed E-state index contributed by atoms with van der Waals surface area (Å²) < 4.78 is 10.3. The van der Waals surface area contributed by atoms with E-state index >= 15 is 0 Å². The zero-order valence-electron chi connectivity index (χ0n) is 14.6. The first-order chi connectivity index (χ1) is 12.0. The third kappa shape index (κ3) is 5.24. The minimum atomic E-state index is -0.555. The first-order valence-corrected chi connectivity index (χ1v) is 8.13. The number of hydrogen-bond donors (Lipinski definition) is 1. The lowest BCUT2D eigenvalue weighted by atomic mass is 10.2. The number of benzene rings is 2. The molecular formula is C19H22N2O4. The number of ether oxygens (including phenoxy) is 2. The van der Waals surface area contributed by atoms with Gasteiger partial charge in [-0.3, -0.25) is 10.2 Å². The standard InChI is InChI=1S/C19H22N2O4/c1-4-21(16-11-9-14(3)10-12-16)19(23)25-17-8-6-7-15(13-17)20-18(22)24-5-2/h6-13H,4-5H2,1-3H3,(H,20,22). The molecule has 0 aliphatic carbocycles. The molecule has 0 aromatic heterocycles. The summed E-state index contributed by atoms with van der Waals surface area (Å²) in [6.45, 7) is 6.34. The molecule has 0 saturated carbocycles. The Morgan fingerprint density at radius 2 is 1.80 bits per heavy atom. The van der Waals surface area contributed by atoms with Gasteiger partial charge < -0.3 is 9.47 Å². The first kappa shape index (κ1) is 18.3. The predicted molar refractivity (Wildman–Crippen MR) is 97.3 cm³/mol. The molecule has 0 aliphatic heterocycles. The Hall–Kier alpha value is -3.02. The molecule has 2 rings (SSSR count). The van der Waals surface area contributed by atoms with E-state index < -0.39 is 12.2 Å². The fourth-order valence-electron chi connectivity index (χ4n) is 2.22. The summed E-state index contributed by atoms with van der Waals surface area (Å²) in [4.78, 5) is 25.5. The van der Waals surface area contributed by atoms with Gasteiger partial charge in [0.15, 0.2) is 0 Å². The summed E-state index contributed by atoms with van der Waals surface area (Å²) in [5.41, 5.74) is 2.37. The highest BCUT2D eigenvalue weighted by Gasteiger charge is 2.16. The molecular weight excluding hydrogens is 320 g/mol. The van der Waals surface area contributed by atoms with Crippen LogP contribution < -0.4 is 15.0 Å². The number of nitrogens with one attached hydrogen (secondary N) is 1. The second-order valence-corrected chi connectivity index (χ2v) is 5.32. The van der Waals surface area contributed by atoms with Gasteiger partial charge in [-0.25, -0.2) is 9.59 Å². The third-order valence-electron chi connectivity index (χ3n) is 3.44. The van der Waals surface area contributed by atoms with E-state index in [1.807, 2.05) is 38.1 Å². The average Bonchev–Trinajstić information content (AvgIpc) is 2.57. The van der Waals surface area contributed by atoms with Crippen LogP contribution in [0.4, 0.5) is 21.0 Å².